The Hall–Kier alpha value is -0.680. The third-order valence-electron chi connectivity index (χ3n) is 2.06. The number of rotatable bonds is 3. The molecule has 1 heterocycles. The Morgan fingerprint density at radius 2 is 2.38 bits per heavy atom. The third-order valence-corrected chi connectivity index (χ3v) is 2.06. The molecule has 13 heavy (non-hydrogen) atoms. The smallest absolute Gasteiger partial charge is 0.210 e. The third kappa shape index (κ3) is 4.80. The highest BCUT2D eigenvalue weighted by Crippen LogP contribution is 2.12. The molecule has 0 N–H and O–H groups in total. The van der Waals surface area contributed by atoms with E-state index in [0.717, 1.165) is 32.3 Å². The predicted molar refractivity (Wildman–Crippen MR) is 52.0 cm³/mol. The molecule has 1 aliphatic rings. The van der Waals surface area contributed by atoms with Crippen LogP contribution in [-0.4, -0.2) is 12.9 Å². The van der Waals surface area contributed by atoms with Crippen molar-refractivity contribution >= 4 is 0 Å². The summed E-state index contributed by atoms with van der Waals surface area (Å²) in [7, 11) is 0. The van der Waals surface area contributed by atoms with E-state index in [2.05, 4.69) is 19.0 Å². The summed E-state index contributed by atoms with van der Waals surface area (Å²) < 4.78 is 10.6. The SMILES string of the molecule is CCCCC#COC1CCCCO1. The Morgan fingerprint density at radius 1 is 1.46 bits per heavy atom. The van der Waals surface area contributed by atoms with Crippen LogP contribution in [0.5, 0.6) is 0 Å². The number of unbranched alkanes of at least 4 members (excludes halogenated alkanes) is 2. The lowest BCUT2D eigenvalue weighted by Crippen LogP contribution is -2.20. The van der Waals surface area contributed by atoms with Crippen molar-refractivity contribution < 1.29 is 9.47 Å². The van der Waals surface area contributed by atoms with Gasteiger partial charge >= 0.3 is 0 Å². The van der Waals surface area contributed by atoms with E-state index in [0.29, 0.717) is 0 Å². The van der Waals surface area contributed by atoms with Crippen molar-refractivity contribution in [3.8, 4) is 12.0 Å². The first-order valence-electron chi connectivity index (χ1n) is 5.18. The Bertz CT molecular complexity index is 172. The van der Waals surface area contributed by atoms with Crippen LogP contribution in [-0.2, 0) is 9.47 Å². The van der Waals surface area contributed by atoms with E-state index in [1.165, 1.54) is 12.8 Å². The van der Waals surface area contributed by atoms with E-state index in [1.807, 2.05) is 0 Å². The molecule has 0 radical (unpaired) electrons. The van der Waals surface area contributed by atoms with Gasteiger partial charge in [-0.15, -0.1) is 0 Å². The first-order valence-corrected chi connectivity index (χ1v) is 5.18. The summed E-state index contributed by atoms with van der Waals surface area (Å²) >= 11 is 0. The Morgan fingerprint density at radius 3 is 3.08 bits per heavy atom. The second kappa shape index (κ2) is 6.80. The number of hydrogen-bond donors (Lipinski definition) is 0. The van der Waals surface area contributed by atoms with Gasteiger partial charge in [0.05, 0.1) is 6.61 Å². The summed E-state index contributed by atoms with van der Waals surface area (Å²) in [6.07, 6.45) is 9.27. The maximum atomic E-state index is 5.36. The second-order valence-electron chi connectivity index (χ2n) is 3.30. The second-order valence-corrected chi connectivity index (χ2v) is 3.30. The van der Waals surface area contributed by atoms with Gasteiger partial charge in [-0.25, -0.2) is 0 Å². The first kappa shape index (κ1) is 10.4. The summed E-state index contributed by atoms with van der Waals surface area (Å²) in [6.45, 7) is 2.98. The molecule has 0 saturated carbocycles. The molecule has 0 bridgehead atoms. The molecule has 2 heteroatoms. The minimum Gasteiger partial charge on any atom is -0.414 e. The lowest BCUT2D eigenvalue weighted by Gasteiger charge is -2.19. The summed E-state index contributed by atoms with van der Waals surface area (Å²) in [4.78, 5) is 0. The molecule has 0 aromatic heterocycles. The molecule has 1 aliphatic heterocycles. The molecular formula is C11H18O2. The van der Waals surface area contributed by atoms with Gasteiger partial charge in [-0.2, -0.15) is 0 Å². The lowest BCUT2D eigenvalue weighted by atomic mass is 10.2. The van der Waals surface area contributed by atoms with E-state index >= 15 is 0 Å². The standard InChI is InChI=1S/C11H18O2/c1-2-3-4-6-9-12-11-8-5-7-10-13-11/h11H,2-5,7-8,10H2,1H3. The van der Waals surface area contributed by atoms with Crippen LogP contribution in [0.25, 0.3) is 0 Å². The molecule has 1 atom stereocenters. The van der Waals surface area contributed by atoms with Crippen LogP contribution in [0.2, 0.25) is 0 Å². The Kier molecular flexibility index (Phi) is 5.44. The van der Waals surface area contributed by atoms with E-state index in [9.17, 15) is 0 Å². The topological polar surface area (TPSA) is 18.5 Å². The van der Waals surface area contributed by atoms with Crippen LogP contribution in [0.4, 0.5) is 0 Å². The van der Waals surface area contributed by atoms with E-state index in [1.54, 1.807) is 0 Å². The van der Waals surface area contributed by atoms with Crippen molar-refractivity contribution in [2.45, 2.75) is 51.7 Å². The summed E-state index contributed by atoms with van der Waals surface area (Å²) in [6, 6.07) is 0. The molecule has 1 fully saturated rings. The highest BCUT2D eigenvalue weighted by molar-refractivity contribution is 4.91. The van der Waals surface area contributed by atoms with Gasteiger partial charge in [0, 0.05) is 12.8 Å². The molecule has 1 rings (SSSR count). The van der Waals surface area contributed by atoms with Gasteiger partial charge in [0.1, 0.15) is 6.11 Å². The summed E-state index contributed by atoms with van der Waals surface area (Å²) in [5.74, 6) is 2.98. The van der Waals surface area contributed by atoms with Gasteiger partial charge in [-0.1, -0.05) is 19.3 Å². The Balaban J connectivity index is 2.04. The van der Waals surface area contributed by atoms with Crippen LogP contribution >= 0.6 is 0 Å². The zero-order chi connectivity index (χ0) is 9.36. The van der Waals surface area contributed by atoms with Crippen LogP contribution in [0, 0.1) is 12.0 Å². The van der Waals surface area contributed by atoms with Crippen molar-refractivity contribution in [3.63, 3.8) is 0 Å². The highest BCUT2D eigenvalue weighted by atomic mass is 16.7. The van der Waals surface area contributed by atoms with Crippen molar-refractivity contribution in [2.75, 3.05) is 6.61 Å². The molecule has 0 aromatic rings. The molecule has 1 unspecified atom stereocenters. The van der Waals surface area contributed by atoms with E-state index in [4.69, 9.17) is 9.47 Å². The average Bonchev–Trinajstić information content (AvgIpc) is 2.19. The molecule has 0 amide bonds. The molecule has 74 valence electrons. The minimum atomic E-state index is -0.0668. The maximum Gasteiger partial charge on any atom is 0.210 e. The van der Waals surface area contributed by atoms with Crippen molar-refractivity contribution in [2.24, 2.45) is 0 Å². The molecule has 0 aromatic carbocycles. The fraction of sp³-hybridized carbons (Fsp3) is 0.818. The molecule has 0 spiro atoms. The molecule has 2 nitrogen and oxygen atoms in total. The first-order chi connectivity index (χ1) is 6.43. The van der Waals surface area contributed by atoms with Crippen LogP contribution < -0.4 is 0 Å². The van der Waals surface area contributed by atoms with Crippen LogP contribution in [0.1, 0.15) is 45.4 Å². The highest BCUT2D eigenvalue weighted by Gasteiger charge is 2.12. The zero-order valence-corrected chi connectivity index (χ0v) is 8.34. The van der Waals surface area contributed by atoms with Crippen molar-refractivity contribution in [1.29, 1.82) is 0 Å². The van der Waals surface area contributed by atoms with Crippen molar-refractivity contribution in [1.82, 2.24) is 0 Å². The quantitative estimate of drug-likeness (QED) is 0.493. The zero-order valence-electron chi connectivity index (χ0n) is 8.34. The lowest BCUT2D eigenvalue weighted by molar-refractivity contribution is -0.121. The number of hydrogen-bond acceptors (Lipinski definition) is 2. The molecule has 1 saturated heterocycles. The van der Waals surface area contributed by atoms with Crippen molar-refractivity contribution in [3.05, 3.63) is 0 Å². The van der Waals surface area contributed by atoms with Gasteiger partial charge in [-0.05, 0) is 19.3 Å². The van der Waals surface area contributed by atoms with Crippen LogP contribution in [0.3, 0.4) is 0 Å². The fourth-order valence-corrected chi connectivity index (χ4v) is 1.23. The normalized spacial score (nSPS) is 21.8. The number of ether oxygens (including phenoxy) is 2. The minimum absolute atomic E-state index is 0.0668. The van der Waals surface area contributed by atoms with E-state index < -0.39 is 0 Å². The fourth-order valence-electron chi connectivity index (χ4n) is 1.23. The predicted octanol–water partition coefficient (Wildman–Crippen LogP) is 2.68. The van der Waals surface area contributed by atoms with Gasteiger partial charge in [0.2, 0.25) is 6.29 Å². The largest absolute Gasteiger partial charge is 0.414 e. The summed E-state index contributed by atoms with van der Waals surface area (Å²) in [5.41, 5.74) is 0. The molecule has 0 aliphatic carbocycles. The Labute approximate surface area is 80.6 Å². The maximum absolute atomic E-state index is 5.36. The van der Waals surface area contributed by atoms with Gasteiger partial charge < -0.3 is 9.47 Å². The summed E-state index contributed by atoms with van der Waals surface area (Å²) in [5, 5.41) is 0. The van der Waals surface area contributed by atoms with Gasteiger partial charge in [0.15, 0.2) is 0 Å². The van der Waals surface area contributed by atoms with Gasteiger partial charge in [0.25, 0.3) is 0 Å². The average molecular weight is 182 g/mol. The monoisotopic (exact) mass is 182 g/mol. The van der Waals surface area contributed by atoms with E-state index in [-0.39, 0.29) is 6.29 Å². The van der Waals surface area contributed by atoms with Crippen LogP contribution in [0.15, 0.2) is 0 Å². The molecular weight excluding hydrogens is 164 g/mol. The van der Waals surface area contributed by atoms with Gasteiger partial charge in [-0.3, -0.25) is 0 Å².